The molecule has 2 saturated heterocycles. The van der Waals surface area contributed by atoms with Gasteiger partial charge < -0.3 is 9.64 Å². The molecule has 2 fully saturated rings. The molecule has 0 N–H and O–H groups in total. The number of nitrogens with zero attached hydrogens (tertiary/aromatic N) is 1. The van der Waals surface area contributed by atoms with Crippen molar-refractivity contribution in [3.05, 3.63) is 0 Å². The van der Waals surface area contributed by atoms with Crippen molar-refractivity contribution in [2.24, 2.45) is 11.8 Å². The summed E-state index contributed by atoms with van der Waals surface area (Å²) in [7, 11) is 0. The molecule has 0 radical (unpaired) electrons. The number of likely N-dealkylation sites (tertiary alicyclic amines) is 1. The van der Waals surface area contributed by atoms with Crippen molar-refractivity contribution in [1.82, 2.24) is 4.90 Å². The van der Waals surface area contributed by atoms with Crippen molar-refractivity contribution in [2.45, 2.75) is 26.4 Å². The largest absolute Gasteiger partial charge is 0.372 e. The predicted molar refractivity (Wildman–Crippen MR) is 49.1 cm³/mol. The Balaban J connectivity index is 1.73. The lowest BCUT2D eigenvalue weighted by Crippen LogP contribution is -2.26. The Kier molecular flexibility index (Phi) is 2.37. The minimum atomic E-state index is 0.580. The van der Waals surface area contributed by atoms with Gasteiger partial charge in [0.25, 0.3) is 0 Å². The van der Waals surface area contributed by atoms with Gasteiger partial charge in [0.05, 0.1) is 12.7 Å². The Morgan fingerprint density at radius 2 is 2.25 bits per heavy atom. The first kappa shape index (κ1) is 8.52. The Morgan fingerprint density at radius 1 is 1.50 bits per heavy atom. The van der Waals surface area contributed by atoms with E-state index in [4.69, 9.17) is 4.74 Å². The predicted octanol–water partition coefficient (Wildman–Crippen LogP) is 1.36. The van der Waals surface area contributed by atoms with Crippen LogP contribution in [-0.2, 0) is 4.74 Å². The Bertz CT molecular complexity index is 154. The molecule has 0 bridgehead atoms. The van der Waals surface area contributed by atoms with Gasteiger partial charge in [0, 0.05) is 13.1 Å². The highest BCUT2D eigenvalue weighted by atomic mass is 16.6. The lowest BCUT2D eigenvalue weighted by Gasteiger charge is -2.16. The van der Waals surface area contributed by atoms with Crippen molar-refractivity contribution in [3.8, 4) is 0 Å². The lowest BCUT2D eigenvalue weighted by molar-refractivity contribution is 0.267. The molecule has 0 aromatic heterocycles. The van der Waals surface area contributed by atoms with Crippen LogP contribution in [0.25, 0.3) is 0 Å². The van der Waals surface area contributed by atoms with Crippen LogP contribution in [0.4, 0.5) is 0 Å². The van der Waals surface area contributed by atoms with Crippen LogP contribution in [0.1, 0.15) is 20.3 Å². The minimum Gasteiger partial charge on any atom is -0.372 e. The van der Waals surface area contributed by atoms with Gasteiger partial charge in [-0.1, -0.05) is 13.8 Å². The number of rotatable bonds is 3. The average molecular weight is 169 g/mol. The number of ether oxygens (including phenoxy) is 1. The Hall–Kier alpha value is -0.0800. The van der Waals surface area contributed by atoms with E-state index in [-0.39, 0.29) is 0 Å². The van der Waals surface area contributed by atoms with Crippen LogP contribution in [0, 0.1) is 11.8 Å². The van der Waals surface area contributed by atoms with Gasteiger partial charge >= 0.3 is 0 Å². The van der Waals surface area contributed by atoms with Crippen molar-refractivity contribution in [3.63, 3.8) is 0 Å². The molecule has 2 aliphatic rings. The zero-order chi connectivity index (χ0) is 8.55. The lowest BCUT2D eigenvalue weighted by atomic mass is 9.95. The van der Waals surface area contributed by atoms with E-state index in [1.165, 1.54) is 26.1 Å². The molecular formula is C10H19NO. The highest BCUT2D eigenvalue weighted by Gasteiger charge is 2.30. The molecule has 2 rings (SSSR count). The molecular weight excluding hydrogens is 150 g/mol. The maximum atomic E-state index is 5.22. The van der Waals surface area contributed by atoms with E-state index in [1.807, 2.05) is 0 Å². The summed E-state index contributed by atoms with van der Waals surface area (Å²) in [4.78, 5) is 2.56. The Morgan fingerprint density at radius 3 is 2.75 bits per heavy atom. The number of hydrogen-bond donors (Lipinski definition) is 0. The highest BCUT2D eigenvalue weighted by Crippen LogP contribution is 2.25. The molecule has 2 heteroatoms. The van der Waals surface area contributed by atoms with Crippen LogP contribution in [0.5, 0.6) is 0 Å². The summed E-state index contributed by atoms with van der Waals surface area (Å²) in [6, 6.07) is 0. The van der Waals surface area contributed by atoms with Crippen LogP contribution in [-0.4, -0.2) is 37.2 Å². The van der Waals surface area contributed by atoms with E-state index in [2.05, 4.69) is 18.7 Å². The van der Waals surface area contributed by atoms with Gasteiger partial charge in [-0.15, -0.1) is 0 Å². The minimum absolute atomic E-state index is 0.580. The third-order valence-electron chi connectivity index (χ3n) is 3.12. The van der Waals surface area contributed by atoms with E-state index in [1.54, 1.807) is 0 Å². The molecule has 2 aliphatic heterocycles. The summed E-state index contributed by atoms with van der Waals surface area (Å²) in [5, 5.41) is 0. The number of hydrogen-bond acceptors (Lipinski definition) is 2. The molecule has 2 nitrogen and oxygen atoms in total. The summed E-state index contributed by atoms with van der Waals surface area (Å²) in [5.41, 5.74) is 0. The second-order valence-corrected chi connectivity index (χ2v) is 4.51. The topological polar surface area (TPSA) is 15.8 Å². The molecule has 0 amide bonds. The molecule has 2 atom stereocenters. The summed E-state index contributed by atoms with van der Waals surface area (Å²) in [6.07, 6.45) is 1.97. The smallest absolute Gasteiger partial charge is 0.0936 e. The first-order valence-corrected chi connectivity index (χ1v) is 5.09. The van der Waals surface area contributed by atoms with E-state index < -0.39 is 0 Å². The normalized spacial score (nSPS) is 36.2. The second-order valence-electron chi connectivity index (χ2n) is 4.51. The third kappa shape index (κ3) is 1.99. The monoisotopic (exact) mass is 169 g/mol. The maximum Gasteiger partial charge on any atom is 0.0936 e. The van der Waals surface area contributed by atoms with Crippen LogP contribution in [0.2, 0.25) is 0 Å². The fourth-order valence-corrected chi connectivity index (χ4v) is 2.03. The fraction of sp³-hybridized carbons (Fsp3) is 1.00. The van der Waals surface area contributed by atoms with Crippen LogP contribution in [0.3, 0.4) is 0 Å². The van der Waals surface area contributed by atoms with Gasteiger partial charge in [0.15, 0.2) is 0 Å². The molecule has 0 aromatic rings. The van der Waals surface area contributed by atoms with Gasteiger partial charge in [0.2, 0.25) is 0 Å². The van der Waals surface area contributed by atoms with Gasteiger partial charge in [-0.25, -0.2) is 0 Å². The van der Waals surface area contributed by atoms with Crippen molar-refractivity contribution < 1.29 is 4.74 Å². The fourth-order valence-electron chi connectivity index (χ4n) is 2.03. The maximum absolute atomic E-state index is 5.22. The first-order chi connectivity index (χ1) is 5.75. The van der Waals surface area contributed by atoms with E-state index in [0.29, 0.717) is 6.10 Å². The summed E-state index contributed by atoms with van der Waals surface area (Å²) < 4.78 is 5.22. The molecule has 2 unspecified atom stereocenters. The SMILES string of the molecule is CC(C)C1CCN(CC2CO2)C1. The van der Waals surface area contributed by atoms with Crippen molar-refractivity contribution in [2.75, 3.05) is 26.2 Å². The standard InChI is InChI=1S/C10H19NO/c1-8(2)9-3-4-11(5-9)6-10-7-12-10/h8-10H,3-7H2,1-2H3. The zero-order valence-corrected chi connectivity index (χ0v) is 8.12. The van der Waals surface area contributed by atoms with E-state index in [0.717, 1.165) is 18.4 Å². The molecule has 0 aliphatic carbocycles. The first-order valence-electron chi connectivity index (χ1n) is 5.09. The number of epoxide rings is 1. The van der Waals surface area contributed by atoms with Crippen molar-refractivity contribution in [1.29, 1.82) is 0 Å². The van der Waals surface area contributed by atoms with Gasteiger partial charge in [-0.3, -0.25) is 0 Å². The Labute approximate surface area is 74.9 Å². The average Bonchev–Trinajstić information content (AvgIpc) is 2.66. The molecule has 0 spiro atoms. The highest BCUT2D eigenvalue weighted by molar-refractivity contribution is 4.82. The van der Waals surface area contributed by atoms with Crippen molar-refractivity contribution >= 4 is 0 Å². The quantitative estimate of drug-likeness (QED) is 0.593. The van der Waals surface area contributed by atoms with Crippen LogP contribution >= 0.6 is 0 Å². The summed E-state index contributed by atoms with van der Waals surface area (Å²) in [5.74, 6) is 1.79. The summed E-state index contributed by atoms with van der Waals surface area (Å²) >= 11 is 0. The van der Waals surface area contributed by atoms with Gasteiger partial charge in [0.1, 0.15) is 0 Å². The van der Waals surface area contributed by atoms with Gasteiger partial charge in [-0.2, -0.15) is 0 Å². The molecule has 70 valence electrons. The van der Waals surface area contributed by atoms with Crippen LogP contribution in [0.15, 0.2) is 0 Å². The van der Waals surface area contributed by atoms with Gasteiger partial charge in [-0.05, 0) is 24.8 Å². The molecule has 2 heterocycles. The van der Waals surface area contributed by atoms with E-state index >= 15 is 0 Å². The molecule has 12 heavy (non-hydrogen) atoms. The second kappa shape index (κ2) is 3.35. The summed E-state index contributed by atoms with van der Waals surface area (Å²) in [6.45, 7) is 9.45. The van der Waals surface area contributed by atoms with E-state index in [9.17, 15) is 0 Å². The third-order valence-corrected chi connectivity index (χ3v) is 3.12. The molecule has 0 saturated carbocycles. The molecule has 0 aromatic carbocycles. The van der Waals surface area contributed by atoms with Crippen LogP contribution < -0.4 is 0 Å². The zero-order valence-electron chi connectivity index (χ0n) is 8.12.